The van der Waals surface area contributed by atoms with Crippen LogP contribution in [0.3, 0.4) is 0 Å². The second-order valence-electron chi connectivity index (χ2n) is 4.72. The van der Waals surface area contributed by atoms with Gasteiger partial charge >= 0.3 is 11.9 Å². The van der Waals surface area contributed by atoms with Gasteiger partial charge in [0.25, 0.3) is 5.91 Å². The van der Waals surface area contributed by atoms with Gasteiger partial charge in [-0.25, -0.2) is 4.79 Å². The summed E-state index contributed by atoms with van der Waals surface area (Å²) in [5.41, 5.74) is 0.500. The minimum atomic E-state index is -1.47. The Bertz CT molecular complexity index is 576. The van der Waals surface area contributed by atoms with Crippen molar-refractivity contribution in [1.29, 1.82) is 0 Å². The summed E-state index contributed by atoms with van der Waals surface area (Å²) in [6.45, 7) is 3.60. The molecule has 21 heavy (non-hydrogen) atoms. The lowest BCUT2D eigenvalue weighted by atomic mass is 10.2. The molecule has 0 bridgehead atoms. The van der Waals surface area contributed by atoms with Crippen LogP contribution in [-0.2, 0) is 16.1 Å². The van der Waals surface area contributed by atoms with Crippen molar-refractivity contribution in [3.05, 3.63) is 23.0 Å². The number of aromatic nitrogens is 1. The van der Waals surface area contributed by atoms with E-state index in [1.54, 1.807) is 21.7 Å². The molecule has 0 unspecified atom stereocenters. The summed E-state index contributed by atoms with van der Waals surface area (Å²) in [5, 5.41) is 9.17. The van der Waals surface area contributed by atoms with Gasteiger partial charge < -0.3 is 19.5 Å². The molecule has 2 amide bonds. The van der Waals surface area contributed by atoms with Gasteiger partial charge in [0.1, 0.15) is 5.69 Å². The third-order valence-electron chi connectivity index (χ3n) is 3.46. The second-order valence-corrected chi connectivity index (χ2v) is 5.16. The van der Waals surface area contributed by atoms with Crippen molar-refractivity contribution in [2.45, 2.75) is 13.5 Å². The van der Waals surface area contributed by atoms with Gasteiger partial charge in [-0.1, -0.05) is 11.6 Å². The zero-order chi connectivity index (χ0) is 15.6. The van der Waals surface area contributed by atoms with Crippen LogP contribution < -0.4 is 0 Å². The first kappa shape index (κ1) is 15.4. The highest BCUT2D eigenvalue weighted by Gasteiger charge is 2.28. The monoisotopic (exact) mass is 313 g/mol. The summed E-state index contributed by atoms with van der Waals surface area (Å²) in [5.74, 6) is -2.56. The van der Waals surface area contributed by atoms with E-state index in [0.29, 0.717) is 30.4 Å². The molecular formula is C13H16ClN3O4. The quantitative estimate of drug-likeness (QED) is 0.807. The Balaban J connectivity index is 2.03. The third kappa shape index (κ3) is 3.18. The SMILES string of the molecule is CCn1cc(Cl)cc1C(=O)N1CCN(C(=O)C(=O)O)CC1. The third-order valence-corrected chi connectivity index (χ3v) is 3.67. The second kappa shape index (κ2) is 6.17. The number of halogens is 1. The molecule has 0 spiro atoms. The Labute approximate surface area is 126 Å². The highest BCUT2D eigenvalue weighted by Crippen LogP contribution is 2.17. The maximum atomic E-state index is 12.4. The van der Waals surface area contributed by atoms with Crippen LogP contribution in [0.1, 0.15) is 17.4 Å². The molecule has 8 heteroatoms. The molecule has 0 saturated carbocycles. The molecular weight excluding hydrogens is 298 g/mol. The minimum Gasteiger partial charge on any atom is -0.474 e. The summed E-state index contributed by atoms with van der Waals surface area (Å²) in [4.78, 5) is 37.2. The van der Waals surface area contributed by atoms with E-state index in [-0.39, 0.29) is 19.0 Å². The zero-order valence-corrected chi connectivity index (χ0v) is 12.3. The molecule has 1 fully saturated rings. The lowest BCUT2D eigenvalue weighted by Gasteiger charge is -2.33. The molecule has 1 aromatic rings. The number of hydrogen-bond donors (Lipinski definition) is 1. The molecule has 2 rings (SSSR count). The fourth-order valence-electron chi connectivity index (χ4n) is 2.33. The standard InChI is InChI=1S/C13H16ClN3O4/c1-2-15-8-9(14)7-10(15)11(18)16-3-5-17(6-4-16)12(19)13(20)21/h7-8H,2-6H2,1H3,(H,20,21). The number of amides is 2. The number of rotatable bonds is 2. The predicted octanol–water partition coefficient (Wildman–Crippen LogP) is 0.530. The molecule has 114 valence electrons. The Morgan fingerprint density at radius 1 is 1.19 bits per heavy atom. The Morgan fingerprint density at radius 2 is 1.76 bits per heavy atom. The lowest BCUT2D eigenvalue weighted by Crippen LogP contribution is -2.52. The number of carboxylic acid groups (broad SMARTS) is 1. The molecule has 0 aromatic carbocycles. The summed E-state index contributed by atoms with van der Waals surface area (Å²) in [6, 6.07) is 1.61. The molecule has 0 atom stereocenters. The van der Waals surface area contributed by atoms with E-state index in [1.807, 2.05) is 6.92 Å². The zero-order valence-electron chi connectivity index (χ0n) is 11.6. The van der Waals surface area contributed by atoms with E-state index in [2.05, 4.69) is 0 Å². The Morgan fingerprint density at radius 3 is 2.29 bits per heavy atom. The Kier molecular flexibility index (Phi) is 4.52. The van der Waals surface area contributed by atoms with Crippen LogP contribution >= 0.6 is 11.6 Å². The largest absolute Gasteiger partial charge is 0.474 e. The highest BCUT2D eigenvalue weighted by atomic mass is 35.5. The van der Waals surface area contributed by atoms with E-state index in [9.17, 15) is 14.4 Å². The first-order valence-corrected chi connectivity index (χ1v) is 6.99. The van der Waals surface area contributed by atoms with Crippen molar-refractivity contribution in [2.24, 2.45) is 0 Å². The molecule has 0 radical (unpaired) electrons. The fraction of sp³-hybridized carbons (Fsp3) is 0.462. The average Bonchev–Trinajstić information content (AvgIpc) is 2.86. The molecule has 1 aromatic heterocycles. The van der Waals surface area contributed by atoms with E-state index in [1.165, 1.54) is 4.90 Å². The van der Waals surface area contributed by atoms with Crippen molar-refractivity contribution in [1.82, 2.24) is 14.4 Å². The van der Waals surface area contributed by atoms with E-state index < -0.39 is 11.9 Å². The average molecular weight is 314 g/mol. The van der Waals surface area contributed by atoms with Gasteiger partial charge in [0, 0.05) is 38.9 Å². The van der Waals surface area contributed by atoms with Gasteiger partial charge in [-0.2, -0.15) is 0 Å². The molecule has 1 aliphatic heterocycles. The number of aryl methyl sites for hydroxylation is 1. The van der Waals surface area contributed by atoms with Gasteiger partial charge in [-0.15, -0.1) is 0 Å². The van der Waals surface area contributed by atoms with E-state index >= 15 is 0 Å². The first-order chi connectivity index (χ1) is 9.93. The van der Waals surface area contributed by atoms with Gasteiger partial charge in [0.2, 0.25) is 0 Å². The summed E-state index contributed by atoms with van der Waals surface area (Å²) >= 11 is 5.92. The summed E-state index contributed by atoms with van der Waals surface area (Å²) < 4.78 is 1.76. The highest BCUT2D eigenvalue weighted by molar-refractivity contribution is 6.31. The molecule has 1 N–H and O–H groups in total. The van der Waals surface area contributed by atoms with Crippen molar-refractivity contribution in [2.75, 3.05) is 26.2 Å². The van der Waals surface area contributed by atoms with Crippen LogP contribution in [0.5, 0.6) is 0 Å². The van der Waals surface area contributed by atoms with Crippen LogP contribution in [0.15, 0.2) is 12.3 Å². The number of nitrogens with zero attached hydrogens (tertiary/aromatic N) is 3. The van der Waals surface area contributed by atoms with Crippen molar-refractivity contribution in [3.8, 4) is 0 Å². The smallest absolute Gasteiger partial charge is 0.394 e. The summed E-state index contributed by atoms with van der Waals surface area (Å²) in [6.07, 6.45) is 1.69. The van der Waals surface area contributed by atoms with Gasteiger partial charge in [0.05, 0.1) is 5.02 Å². The van der Waals surface area contributed by atoms with Crippen LogP contribution in [0.4, 0.5) is 0 Å². The van der Waals surface area contributed by atoms with Crippen LogP contribution in [0.25, 0.3) is 0 Å². The fourth-order valence-corrected chi connectivity index (χ4v) is 2.55. The van der Waals surface area contributed by atoms with Crippen LogP contribution in [-0.4, -0.2) is 63.4 Å². The first-order valence-electron chi connectivity index (χ1n) is 6.61. The van der Waals surface area contributed by atoms with Crippen molar-refractivity contribution >= 4 is 29.4 Å². The maximum Gasteiger partial charge on any atom is 0.394 e. The van der Waals surface area contributed by atoms with Crippen molar-refractivity contribution < 1.29 is 19.5 Å². The molecule has 2 heterocycles. The normalized spacial score (nSPS) is 15.1. The van der Waals surface area contributed by atoms with Crippen LogP contribution in [0.2, 0.25) is 5.02 Å². The van der Waals surface area contributed by atoms with Gasteiger partial charge in [0.15, 0.2) is 0 Å². The predicted molar refractivity (Wildman–Crippen MR) is 75.2 cm³/mol. The summed E-state index contributed by atoms with van der Waals surface area (Å²) in [7, 11) is 0. The number of carbonyl (C=O) groups is 3. The molecule has 1 aliphatic rings. The Hall–Kier alpha value is -2.02. The number of piperazine rings is 1. The van der Waals surface area contributed by atoms with Gasteiger partial charge in [-0.05, 0) is 13.0 Å². The number of hydrogen-bond acceptors (Lipinski definition) is 3. The van der Waals surface area contributed by atoms with Crippen LogP contribution in [0, 0.1) is 0 Å². The maximum absolute atomic E-state index is 12.4. The lowest BCUT2D eigenvalue weighted by molar-refractivity contribution is -0.156. The van der Waals surface area contributed by atoms with Crippen molar-refractivity contribution in [3.63, 3.8) is 0 Å². The topological polar surface area (TPSA) is 82.9 Å². The minimum absolute atomic E-state index is 0.161. The molecule has 1 saturated heterocycles. The van der Waals surface area contributed by atoms with Gasteiger partial charge in [-0.3, -0.25) is 9.59 Å². The van der Waals surface area contributed by atoms with E-state index in [4.69, 9.17) is 16.7 Å². The number of carbonyl (C=O) groups excluding carboxylic acids is 2. The molecule has 7 nitrogen and oxygen atoms in total. The van der Waals surface area contributed by atoms with E-state index in [0.717, 1.165) is 0 Å². The number of carboxylic acids is 1. The molecule has 0 aliphatic carbocycles. The number of aliphatic carboxylic acids is 1.